The number of nitrogens with zero attached hydrogens (tertiary/aromatic N) is 2. The molecule has 45 heavy (non-hydrogen) atoms. The van der Waals surface area contributed by atoms with Gasteiger partial charge in [0.2, 0.25) is 0 Å². The highest BCUT2D eigenvalue weighted by Crippen LogP contribution is 2.42. The second kappa shape index (κ2) is 9.22. The largest absolute Gasteiger partial charge is 0.456 e. The van der Waals surface area contributed by atoms with Crippen molar-refractivity contribution in [2.75, 3.05) is 0 Å². The molecule has 0 spiro atoms. The van der Waals surface area contributed by atoms with Crippen LogP contribution in [0.5, 0.6) is 0 Å². The molecule has 3 heteroatoms. The van der Waals surface area contributed by atoms with Gasteiger partial charge in [0, 0.05) is 43.7 Å². The van der Waals surface area contributed by atoms with E-state index in [9.17, 15) is 0 Å². The van der Waals surface area contributed by atoms with Crippen LogP contribution in [0.4, 0.5) is 0 Å². The summed E-state index contributed by atoms with van der Waals surface area (Å²) in [5, 5.41) is 7.30. The Hall–Kier alpha value is -6.06. The number of hydrogen-bond donors (Lipinski definition) is 0. The number of furan rings is 1. The molecule has 210 valence electrons. The zero-order valence-corrected chi connectivity index (χ0v) is 24.3. The van der Waals surface area contributed by atoms with Crippen LogP contribution in [0.25, 0.3) is 88.1 Å². The molecule has 0 unspecified atom stereocenters. The molecule has 0 atom stereocenters. The summed E-state index contributed by atoms with van der Waals surface area (Å²) < 4.78 is 11.0. The Morgan fingerprint density at radius 2 is 1.02 bits per heavy atom. The van der Waals surface area contributed by atoms with E-state index in [1.165, 1.54) is 54.7 Å². The number of para-hydroxylation sites is 4. The van der Waals surface area contributed by atoms with E-state index in [-0.39, 0.29) is 0 Å². The third-order valence-electron chi connectivity index (χ3n) is 9.30. The maximum Gasteiger partial charge on any atom is 0.135 e. The molecule has 0 saturated carbocycles. The van der Waals surface area contributed by atoms with Crippen LogP contribution in [0.1, 0.15) is 0 Å². The van der Waals surface area contributed by atoms with Gasteiger partial charge in [-0.15, -0.1) is 0 Å². The molecule has 0 amide bonds. The number of rotatable bonds is 3. The van der Waals surface area contributed by atoms with Gasteiger partial charge >= 0.3 is 0 Å². The molecule has 0 fully saturated rings. The Morgan fingerprint density at radius 1 is 0.356 bits per heavy atom. The van der Waals surface area contributed by atoms with Crippen molar-refractivity contribution in [3.8, 4) is 22.5 Å². The molecule has 3 nitrogen and oxygen atoms in total. The van der Waals surface area contributed by atoms with Gasteiger partial charge < -0.3 is 13.6 Å². The summed E-state index contributed by atoms with van der Waals surface area (Å²) in [6, 6.07) is 56.6. The molecule has 0 saturated heterocycles. The normalized spacial score (nSPS) is 12.0. The lowest BCUT2D eigenvalue weighted by Crippen LogP contribution is -1.95. The SMILES string of the molecule is c1ccc(-n2c3ccccc3c3c2ccc2c4ccccc4n(-c4cccc(-c5ccc6oc7ccccc7c6c5)c4)c23)cc1. The molecule has 0 bridgehead atoms. The second-order valence-electron chi connectivity index (χ2n) is 11.8. The zero-order valence-electron chi connectivity index (χ0n) is 24.3. The Morgan fingerprint density at radius 3 is 1.89 bits per heavy atom. The van der Waals surface area contributed by atoms with Gasteiger partial charge in [-0.1, -0.05) is 97.1 Å². The summed E-state index contributed by atoms with van der Waals surface area (Å²) in [5.41, 5.74) is 11.3. The van der Waals surface area contributed by atoms with Gasteiger partial charge in [-0.3, -0.25) is 0 Å². The molecule has 7 aromatic carbocycles. The predicted molar refractivity (Wildman–Crippen MR) is 188 cm³/mol. The average Bonchev–Trinajstić information content (AvgIpc) is 3.76. The van der Waals surface area contributed by atoms with E-state index < -0.39 is 0 Å². The van der Waals surface area contributed by atoms with Crippen LogP contribution < -0.4 is 0 Å². The predicted octanol–water partition coefficient (Wildman–Crippen LogP) is 11.4. The van der Waals surface area contributed by atoms with E-state index in [1.54, 1.807) is 0 Å². The summed E-state index contributed by atoms with van der Waals surface area (Å²) in [5.74, 6) is 0. The van der Waals surface area contributed by atoms with Crippen molar-refractivity contribution in [2.24, 2.45) is 0 Å². The fourth-order valence-electron chi connectivity index (χ4n) is 7.36. The molecule has 3 heterocycles. The minimum Gasteiger partial charge on any atom is -0.456 e. The first-order valence-electron chi connectivity index (χ1n) is 15.4. The number of hydrogen-bond acceptors (Lipinski definition) is 1. The molecule has 0 aliphatic heterocycles. The van der Waals surface area contributed by atoms with Gasteiger partial charge in [-0.05, 0) is 71.8 Å². The van der Waals surface area contributed by atoms with Crippen LogP contribution in [0.15, 0.2) is 162 Å². The molecule has 0 radical (unpaired) electrons. The van der Waals surface area contributed by atoms with Crippen LogP contribution in [0, 0.1) is 0 Å². The van der Waals surface area contributed by atoms with Crippen LogP contribution >= 0.6 is 0 Å². The highest BCUT2D eigenvalue weighted by atomic mass is 16.3. The molecule has 3 aromatic heterocycles. The summed E-state index contributed by atoms with van der Waals surface area (Å²) in [6.07, 6.45) is 0. The quantitative estimate of drug-likeness (QED) is 0.206. The Balaban J connectivity index is 1.28. The molecule has 10 aromatic rings. The third-order valence-corrected chi connectivity index (χ3v) is 9.30. The fraction of sp³-hybridized carbons (Fsp3) is 0. The Kier molecular flexibility index (Phi) is 5.00. The van der Waals surface area contributed by atoms with E-state index in [4.69, 9.17) is 4.42 Å². The Bertz CT molecular complexity index is 2760. The van der Waals surface area contributed by atoms with Gasteiger partial charge in [0.1, 0.15) is 11.2 Å². The van der Waals surface area contributed by atoms with Crippen LogP contribution in [0.2, 0.25) is 0 Å². The minimum atomic E-state index is 0.913. The average molecular weight is 575 g/mol. The first-order valence-corrected chi connectivity index (χ1v) is 15.4. The van der Waals surface area contributed by atoms with Gasteiger partial charge in [0.25, 0.3) is 0 Å². The third kappa shape index (κ3) is 3.46. The van der Waals surface area contributed by atoms with Crippen molar-refractivity contribution in [3.63, 3.8) is 0 Å². The summed E-state index contributed by atoms with van der Waals surface area (Å²) >= 11 is 0. The van der Waals surface area contributed by atoms with Crippen molar-refractivity contribution in [3.05, 3.63) is 158 Å². The van der Waals surface area contributed by atoms with Crippen molar-refractivity contribution in [1.29, 1.82) is 0 Å². The lowest BCUT2D eigenvalue weighted by Gasteiger charge is -2.12. The van der Waals surface area contributed by atoms with Crippen LogP contribution in [-0.2, 0) is 0 Å². The van der Waals surface area contributed by atoms with E-state index in [1.807, 2.05) is 12.1 Å². The molecule has 0 aliphatic rings. The number of aromatic nitrogens is 2. The topological polar surface area (TPSA) is 23.0 Å². The highest BCUT2D eigenvalue weighted by Gasteiger charge is 2.20. The lowest BCUT2D eigenvalue weighted by molar-refractivity contribution is 0.669. The van der Waals surface area contributed by atoms with Crippen molar-refractivity contribution in [2.45, 2.75) is 0 Å². The van der Waals surface area contributed by atoms with E-state index in [2.05, 4.69) is 155 Å². The first-order chi connectivity index (χ1) is 22.3. The monoisotopic (exact) mass is 574 g/mol. The number of fused-ring (bicyclic) bond motifs is 10. The molecular weight excluding hydrogens is 548 g/mol. The van der Waals surface area contributed by atoms with E-state index >= 15 is 0 Å². The zero-order chi connectivity index (χ0) is 29.5. The molecular formula is C42H26N2O. The van der Waals surface area contributed by atoms with Crippen molar-refractivity contribution in [1.82, 2.24) is 9.13 Å². The van der Waals surface area contributed by atoms with Crippen molar-refractivity contribution >= 4 is 65.6 Å². The summed E-state index contributed by atoms with van der Waals surface area (Å²) in [7, 11) is 0. The van der Waals surface area contributed by atoms with Crippen molar-refractivity contribution < 1.29 is 4.42 Å². The number of benzene rings is 7. The first kappa shape index (κ1) is 24.4. The maximum absolute atomic E-state index is 6.13. The van der Waals surface area contributed by atoms with Gasteiger partial charge in [-0.25, -0.2) is 0 Å². The Labute approximate surface area is 258 Å². The maximum atomic E-state index is 6.13. The van der Waals surface area contributed by atoms with Gasteiger partial charge in [-0.2, -0.15) is 0 Å². The smallest absolute Gasteiger partial charge is 0.135 e. The molecule has 0 aliphatic carbocycles. The fourth-order valence-corrected chi connectivity index (χ4v) is 7.36. The molecule has 0 N–H and O–H groups in total. The highest BCUT2D eigenvalue weighted by molar-refractivity contribution is 6.26. The van der Waals surface area contributed by atoms with E-state index in [0.29, 0.717) is 0 Å². The summed E-state index contributed by atoms with van der Waals surface area (Å²) in [4.78, 5) is 0. The van der Waals surface area contributed by atoms with Gasteiger partial charge in [0.15, 0.2) is 0 Å². The van der Waals surface area contributed by atoms with Gasteiger partial charge in [0.05, 0.1) is 22.1 Å². The molecule has 10 rings (SSSR count). The second-order valence-corrected chi connectivity index (χ2v) is 11.8. The standard InChI is InChI=1S/C42H26N2O/c1-2-12-29(13-3-1)43-37-19-8-5-17-34(37)41-38(43)23-22-33-31-15-4-7-18-36(31)44(42(33)41)30-14-10-11-27(25-30)28-21-24-40-35(26-28)32-16-6-9-20-39(32)45-40/h1-26H. The summed E-state index contributed by atoms with van der Waals surface area (Å²) in [6.45, 7) is 0. The lowest BCUT2D eigenvalue weighted by atomic mass is 10.0. The van der Waals surface area contributed by atoms with Crippen LogP contribution in [-0.4, -0.2) is 9.13 Å². The van der Waals surface area contributed by atoms with E-state index in [0.717, 1.165) is 33.3 Å². The minimum absolute atomic E-state index is 0.913. The van der Waals surface area contributed by atoms with Crippen LogP contribution in [0.3, 0.4) is 0 Å².